The number of hydrogen-bond donors (Lipinski definition) is 1. The molecule has 0 aliphatic carbocycles. The third kappa shape index (κ3) is 3.90. The van der Waals surface area contributed by atoms with Crippen LogP contribution in [-0.2, 0) is 4.79 Å². The Labute approximate surface area is 120 Å². The van der Waals surface area contributed by atoms with Gasteiger partial charge in [0.25, 0.3) is 0 Å². The van der Waals surface area contributed by atoms with Crippen LogP contribution in [-0.4, -0.2) is 42.3 Å². The van der Waals surface area contributed by atoms with Gasteiger partial charge in [-0.05, 0) is 13.8 Å². The Morgan fingerprint density at radius 2 is 1.95 bits per heavy atom. The molecule has 1 aromatic carbocycles. The molecule has 4 nitrogen and oxygen atoms in total. The number of carbonyl (C=O) groups excluding carboxylic acids is 2. The zero-order valence-corrected chi connectivity index (χ0v) is 12.2. The van der Waals surface area contributed by atoms with Gasteiger partial charge in [-0.1, -0.05) is 29.8 Å². The third-order valence-electron chi connectivity index (χ3n) is 3.66. The van der Waals surface area contributed by atoms with Crippen LogP contribution in [0, 0.1) is 6.92 Å². The Morgan fingerprint density at radius 3 is 2.60 bits per heavy atom. The first-order chi connectivity index (χ1) is 9.56. The normalized spacial score (nSPS) is 18.9. The van der Waals surface area contributed by atoms with E-state index in [2.05, 4.69) is 12.2 Å². The summed E-state index contributed by atoms with van der Waals surface area (Å²) in [5, 5.41) is 3.30. The summed E-state index contributed by atoms with van der Waals surface area (Å²) in [6.45, 7) is 6.36. The minimum Gasteiger partial charge on any atom is -0.340 e. The fraction of sp³-hybridized carbons (Fsp3) is 0.500. The van der Waals surface area contributed by atoms with Crippen molar-refractivity contribution >= 4 is 11.7 Å². The lowest BCUT2D eigenvalue weighted by Gasteiger charge is -2.31. The van der Waals surface area contributed by atoms with E-state index in [0.29, 0.717) is 24.4 Å². The van der Waals surface area contributed by atoms with E-state index in [1.54, 1.807) is 0 Å². The molecule has 1 N–H and O–H groups in total. The maximum atomic E-state index is 12.1. The molecule has 0 spiro atoms. The van der Waals surface area contributed by atoms with Gasteiger partial charge in [0.15, 0.2) is 5.78 Å². The number of amides is 1. The van der Waals surface area contributed by atoms with Crippen molar-refractivity contribution < 1.29 is 9.59 Å². The fourth-order valence-electron chi connectivity index (χ4n) is 2.42. The van der Waals surface area contributed by atoms with Crippen LogP contribution in [0.2, 0.25) is 0 Å². The van der Waals surface area contributed by atoms with Gasteiger partial charge in [-0.2, -0.15) is 0 Å². The minimum atomic E-state index is 0.0431. The Morgan fingerprint density at radius 1 is 1.25 bits per heavy atom. The highest BCUT2D eigenvalue weighted by atomic mass is 16.2. The Kier molecular flexibility index (Phi) is 4.90. The number of hydrogen-bond acceptors (Lipinski definition) is 3. The van der Waals surface area contributed by atoms with Gasteiger partial charge in [-0.3, -0.25) is 9.59 Å². The van der Waals surface area contributed by atoms with Crippen molar-refractivity contribution in [1.29, 1.82) is 0 Å². The van der Waals surface area contributed by atoms with Crippen molar-refractivity contribution in [3.8, 4) is 0 Å². The number of carbonyl (C=O) groups is 2. The molecule has 1 aliphatic rings. The maximum Gasteiger partial charge on any atom is 0.223 e. The van der Waals surface area contributed by atoms with Gasteiger partial charge in [0.1, 0.15) is 0 Å². The van der Waals surface area contributed by atoms with Crippen LogP contribution in [0.4, 0.5) is 0 Å². The van der Waals surface area contributed by atoms with Gasteiger partial charge in [0.05, 0.1) is 0 Å². The summed E-state index contributed by atoms with van der Waals surface area (Å²) >= 11 is 0. The molecule has 4 heteroatoms. The van der Waals surface area contributed by atoms with Gasteiger partial charge < -0.3 is 10.2 Å². The van der Waals surface area contributed by atoms with E-state index >= 15 is 0 Å². The lowest BCUT2D eigenvalue weighted by molar-refractivity contribution is -0.132. The van der Waals surface area contributed by atoms with Crippen LogP contribution in [0.5, 0.6) is 0 Å². The first kappa shape index (κ1) is 14.7. The van der Waals surface area contributed by atoms with Crippen LogP contribution in [0.3, 0.4) is 0 Å². The monoisotopic (exact) mass is 274 g/mol. The first-order valence-electron chi connectivity index (χ1n) is 7.17. The maximum absolute atomic E-state index is 12.1. The van der Waals surface area contributed by atoms with Crippen molar-refractivity contribution in [1.82, 2.24) is 10.2 Å². The first-order valence-corrected chi connectivity index (χ1v) is 7.17. The molecule has 1 unspecified atom stereocenters. The standard InChI is InChI=1S/C16H22N2O2/c1-12-3-5-14(6-4-12)15(19)7-8-16(20)18-10-9-17-13(2)11-18/h3-6,13,17H,7-11H2,1-2H3. The summed E-state index contributed by atoms with van der Waals surface area (Å²) < 4.78 is 0. The Balaban J connectivity index is 1.83. The molecule has 1 aliphatic heterocycles. The van der Waals surface area contributed by atoms with Crippen LogP contribution in [0.15, 0.2) is 24.3 Å². The number of nitrogens with zero attached hydrogens (tertiary/aromatic N) is 1. The number of aryl methyl sites for hydroxylation is 1. The fourth-order valence-corrected chi connectivity index (χ4v) is 2.42. The Bertz CT molecular complexity index is 482. The quantitative estimate of drug-likeness (QED) is 0.851. The van der Waals surface area contributed by atoms with E-state index < -0.39 is 0 Å². The predicted octanol–water partition coefficient (Wildman–Crippen LogP) is 1.78. The van der Waals surface area contributed by atoms with E-state index in [1.165, 1.54) is 0 Å². The number of nitrogens with one attached hydrogen (secondary N) is 1. The smallest absolute Gasteiger partial charge is 0.223 e. The SMILES string of the molecule is Cc1ccc(C(=O)CCC(=O)N2CCNC(C)C2)cc1. The van der Waals surface area contributed by atoms with Gasteiger partial charge in [-0.15, -0.1) is 0 Å². The highest BCUT2D eigenvalue weighted by Gasteiger charge is 2.20. The molecule has 108 valence electrons. The van der Waals surface area contributed by atoms with Crippen molar-refractivity contribution in [2.45, 2.75) is 32.7 Å². The summed E-state index contributed by atoms with van der Waals surface area (Å²) in [6, 6.07) is 7.84. The van der Waals surface area contributed by atoms with E-state index in [1.807, 2.05) is 36.1 Å². The van der Waals surface area contributed by atoms with Crippen LogP contribution in [0.1, 0.15) is 35.7 Å². The second kappa shape index (κ2) is 6.66. The predicted molar refractivity (Wildman–Crippen MR) is 78.8 cm³/mol. The third-order valence-corrected chi connectivity index (χ3v) is 3.66. The average Bonchev–Trinajstić information content (AvgIpc) is 2.45. The topological polar surface area (TPSA) is 49.4 Å². The van der Waals surface area contributed by atoms with Crippen molar-refractivity contribution in [2.24, 2.45) is 0 Å². The van der Waals surface area contributed by atoms with E-state index in [-0.39, 0.29) is 11.7 Å². The molecule has 0 saturated carbocycles. The highest BCUT2D eigenvalue weighted by Crippen LogP contribution is 2.09. The molecule has 1 fully saturated rings. The molecule has 1 amide bonds. The second-order valence-corrected chi connectivity index (χ2v) is 5.48. The molecule has 0 aromatic heterocycles. The zero-order chi connectivity index (χ0) is 14.5. The molecule has 0 bridgehead atoms. The Hall–Kier alpha value is -1.68. The van der Waals surface area contributed by atoms with Gasteiger partial charge >= 0.3 is 0 Å². The van der Waals surface area contributed by atoms with Crippen LogP contribution >= 0.6 is 0 Å². The van der Waals surface area contributed by atoms with Crippen molar-refractivity contribution in [3.05, 3.63) is 35.4 Å². The summed E-state index contributed by atoms with van der Waals surface area (Å²) in [5.41, 5.74) is 1.82. The summed E-state index contributed by atoms with van der Waals surface area (Å²) in [5.74, 6) is 0.125. The van der Waals surface area contributed by atoms with Gasteiger partial charge in [0.2, 0.25) is 5.91 Å². The largest absolute Gasteiger partial charge is 0.340 e. The number of ketones is 1. The molecule has 1 heterocycles. The van der Waals surface area contributed by atoms with Crippen LogP contribution in [0.25, 0.3) is 0 Å². The van der Waals surface area contributed by atoms with E-state index in [0.717, 1.165) is 25.2 Å². The van der Waals surface area contributed by atoms with Crippen molar-refractivity contribution in [3.63, 3.8) is 0 Å². The molecular weight excluding hydrogens is 252 g/mol. The number of piperazine rings is 1. The number of rotatable bonds is 4. The second-order valence-electron chi connectivity index (χ2n) is 5.48. The van der Waals surface area contributed by atoms with Gasteiger partial charge in [0, 0.05) is 44.1 Å². The summed E-state index contributed by atoms with van der Waals surface area (Å²) in [7, 11) is 0. The lowest BCUT2D eigenvalue weighted by Crippen LogP contribution is -2.51. The molecule has 1 saturated heterocycles. The van der Waals surface area contributed by atoms with Gasteiger partial charge in [-0.25, -0.2) is 0 Å². The number of benzene rings is 1. The minimum absolute atomic E-state index is 0.0431. The van der Waals surface area contributed by atoms with Crippen LogP contribution < -0.4 is 5.32 Å². The van der Waals surface area contributed by atoms with Crippen molar-refractivity contribution in [2.75, 3.05) is 19.6 Å². The molecule has 2 rings (SSSR count). The molecule has 1 aromatic rings. The number of Topliss-reactive ketones (excluding diaryl/α,β-unsaturated/α-hetero) is 1. The summed E-state index contributed by atoms with van der Waals surface area (Å²) in [4.78, 5) is 26.0. The zero-order valence-electron chi connectivity index (χ0n) is 12.2. The molecule has 20 heavy (non-hydrogen) atoms. The lowest BCUT2D eigenvalue weighted by atomic mass is 10.0. The molecular formula is C16H22N2O2. The van der Waals surface area contributed by atoms with E-state index in [9.17, 15) is 9.59 Å². The van der Waals surface area contributed by atoms with E-state index in [4.69, 9.17) is 0 Å². The average molecular weight is 274 g/mol. The molecule has 0 radical (unpaired) electrons. The highest BCUT2D eigenvalue weighted by molar-refractivity contribution is 5.97. The molecule has 1 atom stereocenters. The summed E-state index contributed by atoms with van der Waals surface area (Å²) in [6.07, 6.45) is 0.597.